The molecule has 0 unspecified atom stereocenters. The van der Waals surface area contributed by atoms with Crippen LogP contribution in [0, 0.1) is 24.0 Å². The molecule has 0 saturated heterocycles. The SMILES string of the molecule is Cc1ccc2nc(C)c(C(=O)N3CCc4ccc([N+](=O)[O-])cc43)cc2c1. The van der Waals surface area contributed by atoms with Gasteiger partial charge in [-0.25, -0.2) is 0 Å². The zero-order valence-electron chi connectivity index (χ0n) is 14.5. The van der Waals surface area contributed by atoms with Crippen LogP contribution in [0.2, 0.25) is 0 Å². The summed E-state index contributed by atoms with van der Waals surface area (Å²) in [7, 11) is 0. The van der Waals surface area contributed by atoms with Crippen molar-refractivity contribution in [1.29, 1.82) is 0 Å². The fourth-order valence-corrected chi connectivity index (χ4v) is 3.45. The van der Waals surface area contributed by atoms with Crippen LogP contribution in [-0.4, -0.2) is 22.4 Å². The summed E-state index contributed by atoms with van der Waals surface area (Å²) in [5, 5.41) is 12.0. The van der Waals surface area contributed by atoms with E-state index in [0.717, 1.165) is 22.0 Å². The number of nitrogens with zero attached hydrogens (tertiary/aromatic N) is 3. The molecule has 0 bridgehead atoms. The summed E-state index contributed by atoms with van der Waals surface area (Å²) in [5.74, 6) is -0.169. The number of rotatable bonds is 2. The lowest BCUT2D eigenvalue weighted by Gasteiger charge is -2.18. The summed E-state index contributed by atoms with van der Waals surface area (Å²) in [4.78, 5) is 30.0. The topological polar surface area (TPSA) is 76.3 Å². The predicted octanol–water partition coefficient (Wildman–Crippen LogP) is 3.96. The van der Waals surface area contributed by atoms with E-state index in [4.69, 9.17) is 0 Å². The van der Waals surface area contributed by atoms with E-state index < -0.39 is 4.92 Å². The molecule has 130 valence electrons. The normalized spacial score (nSPS) is 13.1. The first-order valence-corrected chi connectivity index (χ1v) is 8.41. The van der Waals surface area contributed by atoms with Crippen molar-refractivity contribution in [2.24, 2.45) is 0 Å². The van der Waals surface area contributed by atoms with E-state index in [0.29, 0.717) is 29.9 Å². The highest BCUT2D eigenvalue weighted by atomic mass is 16.6. The number of hydrogen-bond donors (Lipinski definition) is 0. The molecule has 2 aromatic carbocycles. The molecule has 6 heteroatoms. The molecule has 1 amide bonds. The van der Waals surface area contributed by atoms with Gasteiger partial charge >= 0.3 is 0 Å². The lowest BCUT2D eigenvalue weighted by atomic mass is 10.1. The Hall–Kier alpha value is -3.28. The minimum atomic E-state index is -0.438. The molecule has 0 spiro atoms. The Kier molecular flexibility index (Phi) is 3.68. The fraction of sp³-hybridized carbons (Fsp3) is 0.200. The number of carbonyl (C=O) groups is 1. The molecule has 4 rings (SSSR count). The molecule has 3 aromatic rings. The first kappa shape index (κ1) is 16.2. The van der Waals surface area contributed by atoms with Crippen LogP contribution in [0.25, 0.3) is 10.9 Å². The third kappa shape index (κ3) is 2.60. The van der Waals surface area contributed by atoms with Crippen molar-refractivity contribution in [1.82, 2.24) is 4.98 Å². The summed E-state index contributed by atoms with van der Waals surface area (Å²) < 4.78 is 0. The summed E-state index contributed by atoms with van der Waals surface area (Å²) >= 11 is 0. The van der Waals surface area contributed by atoms with Crippen LogP contribution in [0.5, 0.6) is 0 Å². The van der Waals surface area contributed by atoms with Gasteiger partial charge in [0.25, 0.3) is 11.6 Å². The maximum Gasteiger partial charge on any atom is 0.271 e. The lowest BCUT2D eigenvalue weighted by Crippen LogP contribution is -2.29. The number of nitro groups is 1. The van der Waals surface area contributed by atoms with E-state index in [1.54, 1.807) is 11.0 Å². The number of carbonyl (C=O) groups excluding carboxylic acids is 1. The molecule has 2 heterocycles. The van der Waals surface area contributed by atoms with Crippen LogP contribution in [0.4, 0.5) is 11.4 Å². The largest absolute Gasteiger partial charge is 0.307 e. The number of benzene rings is 2. The average molecular weight is 347 g/mol. The van der Waals surface area contributed by atoms with Crippen LogP contribution in [0.15, 0.2) is 42.5 Å². The Morgan fingerprint density at radius 1 is 1.15 bits per heavy atom. The van der Waals surface area contributed by atoms with Crippen molar-refractivity contribution >= 4 is 28.2 Å². The van der Waals surface area contributed by atoms with Crippen molar-refractivity contribution < 1.29 is 9.72 Å². The zero-order valence-corrected chi connectivity index (χ0v) is 14.5. The summed E-state index contributed by atoms with van der Waals surface area (Å²) in [6.07, 6.45) is 0.693. The number of amides is 1. The van der Waals surface area contributed by atoms with E-state index in [2.05, 4.69) is 4.98 Å². The quantitative estimate of drug-likeness (QED) is 0.519. The molecule has 0 saturated carbocycles. The van der Waals surface area contributed by atoms with E-state index >= 15 is 0 Å². The summed E-state index contributed by atoms with van der Waals surface area (Å²) in [6, 6.07) is 12.5. The van der Waals surface area contributed by atoms with Crippen molar-refractivity contribution in [2.75, 3.05) is 11.4 Å². The number of anilines is 1. The third-order valence-electron chi connectivity index (χ3n) is 4.81. The highest BCUT2D eigenvalue weighted by Gasteiger charge is 2.28. The minimum absolute atomic E-state index is 0.00701. The molecule has 0 aliphatic carbocycles. The molecule has 0 radical (unpaired) electrons. The van der Waals surface area contributed by atoms with Crippen molar-refractivity contribution in [2.45, 2.75) is 20.3 Å². The Balaban J connectivity index is 1.78. The van der Waals surface area contributed by atoms with Crippen molar-refractivity contribution in [3.8, 4) is 0 Å². The number of fused-ring (bicyclic) bond motifs is 2. The van der Waals surface area contributed by atoms with Gasteiger partial charge in [0.1, 0.15) is 0 Å². The van der Waals surface area contributed by atoms with Crippen LogP contribution >= 0.6 is 0 Å². The van der Waals surface area contributed by atoms with Crippen LogP contribution < -0.4 is 4.90 Å². The molecule has 26 heavy (non-hydrogen) atoms. The number of hydrogen-bond acceptors (Lipinski definition) is 4. The Morgan fingerprint density at radius 3 is 2.73 bits per heavy atom. The number of aromatic nitrogens is 1. The molecular formula is C20H17N3O3. The molecule has 1 aliphatic rings. The second-order valence-corrected chi connectivity index (χ2v) is 6.59. The maximum atomic E-state index is 13.2. The lowest BCUT2D eigenvalue weighted by molar-refractivity contribution is -0.384. The Bertz CT molecular complexity index is 1080. The number of pyridine rings is 1. The first-order chi connectivity index (χ1) is 12.4. The fourth-order valence-electron chi connectivity index (χ4n) is 3.45. The highest BCUT2D eigenvalue weighted by molar-refractivity contribution is 6.09. The Labute approximate surface area is 150 Å². The van der Waals surface area contributed by atoms with E-state index in [1.807, 2.05) is 38.1 Å². The van der Waals surface area contributed by atoms with Gasteiger partial charge < -0.3 is 4.90 Å². The van der Waals surface area contributed by atoms with E-state index in [9.17, 15) is 14.9 Å². The summed E-state index contributed by atoms with van der Waals surface area (Å²) in [6.45, 7) is 4.33. The highest BCUT2D eigenvalue weighted by Crippen LogP contribution is 2.33. The van der Waals surface area contributed by atoms with Gasteiger partial charge in [-0.15, -0.1) is 0 Å². The second kappa shape index (κ2) is 5.91. The molecule has 0 N–H and O–H groups in total. The summed E-state index contributed by atoms with van der Waals surface area (Å²) in [5.41, 5.74) is 4.70. The molecule has 0 fully saturated rings. The third-order valence-corrected chi connectivity index (χ3v) is 4.81. The smallest absolute Gasteiger partial charge is 0.271 e. The van der Waals surface area contributed by atoms with Gasteiger partial charge in [-0.2, -0.15) is 0 Å². The van der Waals surface area contributed by atoms with Gasteiger partial charge in [0.2, 0.25) is 0 Å². The molecule has 0 atom stereocenters. The average Bonchev–Trinajstić information content (AvgIpc) is 3.04. The maximum absolute atomic E-state index is 13.2. The molecule has 6 nitrogen and oxygen atoms in total. The standard InChI is InChI=1S/C20H17N3O3/c1-12-3-6-18-15(9-12)10-17(13(2)21-18)20(24)22-8-7-14-4-5-16(23(25)26)11-19(14)22/h3-6,9-11H,7-8H2,1-2H3. The number of aryl methyl sites for hydroxylation is 2. The van der Waals surface area contributed by atoms with Crippen molar-refractivity contribution in [3.63, 3.8) is 0 Å². The minimum Gasteiger partial charge on any atom is -0.307 e. The predicted molar refractivity (Wildman–Crippen MR) is 99.7 cm³/mol. The second-order valence-electron chi connectivity index (χ2n) is 6.59. The van der Waals surface area contributed by atoms with Gasteiger partial charge in [-0.05, 0) is 44.0 Å². The van der Waals surface area contributed by atoms with Gasteiger partial charge in [-0.1, -0.05) is 17.7 Å². The van der Waals surface area contributed by atoms with Gasteiger partial charge in [-0.3, -0.25) is 19.9 Å². The monoisotopic (exact) mass is 347 g/mol. The molecule has 1 aromatic heterocycles. The van der Waals surface area contributed by atoms with Crippen molar-refractivity contribution in [3.05, 3.63) is 75.0 Å². The van der Waals surface area contributed by atoms with Gasteiger partial charge in [0.05, 0.1) is 27.4 Å². The van der Waals surface area contributed by atoms with Crippen LogP contribution in [0.3, 0.4) is 0 Å². The number of nitro benzene ring substituents is 1. The van der Waals surface area contributed by atoms with Gasteiger partial charge in [0.15, 0.2) is 0 Å². The molecular weight excluding hydrogens is 330 g/mol. The van der Waals surface area contributed by atoms with Crippen LogP contribution in [-0.2, 0) is 6.42 Å². The van der Waals surface area contributed by atoms with Crippen LogP contribution in [0.1, 0.15) is 27.2 Å². The van der Waals surface area contributed by atoms with E-state index in [1.165, 1.54) is 12.1 Å². The van der Waals surface area contributed by atoms with Gasteiger partial charge in [0, 0.05) is 24.1 Å². The first-order valence-electron chi connectivity index (χ1n) is 8.41. The number of non-ortho nitro benzene ring substituents is 1. The Morgan fingerprint density at radius 2 is 1.96 bits per heavy atom. The zero-order chi connectivity index (χ0) is 18.4. The van der Waals surface area contributed by atoms with E-state index in [-0.39, 0.29) is 11.6 Å². The molecule has 1 aliphatic heterocycles.